The normalized spacial score (nSPS) is 11.8. The lowest BCUT2D eigenvalue weighted by Gasteiger charge is -2.20. The number of nitrogens with two attached hydrogens (primary N) is 1. The van der Waals surface area contributed by atoms with Crippen LogP contribution in [0, 0.1) is 5.92 Å². The maximum atomic E-state index is 12.0. The molecule has 0 heterocycles. The smallest absolute Gasteiger partial charge is 0.224 e. The zero-order valence-electron chi connectivity index (χ0n) is 12.3. The van der Waals surface area contributed by atoms with E-state index in [0.29, 0.717) is 19.4 Å². The number of hydrogen-bond acceptors (Lipinski definition) is 3. The molecule has 5 nitrogen and oxygen atoms in total. The molecule has 0 bridgehead atoms. The van der Waals surface area contributed by atoms with E-state index in [1.54, 1.807) is 19.0 Å². The van der Waals surface area contributed by atoms with Crippen LogP contribution in [0.4, 0.5) is 5.69 Å². The van der Waals surface area contributed by atoms with Crippen molar-refractivity contribution < 1.29 is 9.59 Å². The minimum absolute atomic E-state index is 0.0394. The fourth-order valence-electron chi connectivity index (χ4n) is 1.97. The third-order valence-electron chi connectivity index (χ3n) is 3.27. The van der Waals surface area contributed by atoms with Gasteiger partial charge < -0.3 is 16.0 Å². The molecular formula is C15H23N3O2. The van der Waals surface area contributed by atoms with Gasteiger partial charge in [-0.25, -0.2) is 0 Å². The number of rotatable bonds is 6. The van der Waals surface area contributed by atoms with Crippen LogP contribution in [0.1, 0.15) is 18.9 Å². The molecule has 1 atom stereocenters. The molecule has 1 aromatic rings. The SMILES string of the molecule is CNC(=O)C(C)CN(C)C(=O)CCc1ccc(N)cc1. The van der Waals surface area contributed by atoms with Gasteiger partial charge in [-0.2, -0.15) is 0 Å². The van der Waals surface area contributed by atoms with Crippen molar-refractivity contribution in [1.29, 1.82) is 0 Å². The third kappa shape index (κ3) is 4.91. The molecule has 0 spiro atoms. The van der Waals surface area contributed by atoms with Crippen molar-refractivity contribution in [2.24, 2.45) is 5.92 Å². The number of aryl methyl sites for hydroxylation is 1. The third-order valence-corrected chi connectivity index (χ3v) is 3.27. The molecule has 0 aliphatic rings. The van der Waals surface area contributed by atoms with Gasteiger partial charge in [0.2, 0.25) is 11.8 Å². The predicted molar refractivity (Wildman–Crippen MR) is 80.0 cm³/mol. The first-order valence-electron chi connectivity index (χ1n) is 6.74. The van der Waals surface area contributed by atoms with Crippen LogP contribution >= 0.6 is 0 Å². The van der Waals surface area contributed by atoms with Crippen LogP contribution in [0.3, 0.4) is 0 Å². The minimum Gasteiger partial charge on any atom is -0.399 e. The van der Waals surface area contributed by atoms with Gasteiger partial charge in [-0.1, -0.05) is 19.1 Å². The van der Waals surface area contributed by atoms with Crippen LogP contribution in [0.5, 0.6) is 0 Å². The number of hydrogen-bond donors (Lipinski definition) is 2. The number of benzene rings is 1. The Bertz CT molecular complexity index is 457. The highest BCUT2D eigenvalue weighted by Crippen LogP contribution is 2.09. The largest absolute Gasteiger partial charge is 0.399 e. The first-order valence-corrected chi connectivity index (χ1v) is 6.74. The van der Waals surface area contributed by atoms with Crippen molar-refractivity contribution in [3.05, 3.63) is 29.8 Å². The molecule has 0 aromatic heterocycles. The van der Waals surface area contributed by atoms with Crippen LogP contribution in [0.25, 0.3) is 0 Å². The summed E-state index contributed by atoms with van der Waals surface area (Å²) in [5.74, 6) is -0.216. The summed E-state index contributed by atoms with van der Waals surface area (Å²) in [6, 6.07) is 7.51. The van der Waals surface area contributed by atoms with E-state index in [1.807, 2.05) is 31.2 Å². The number of nitrogens with one attached hydrogen (secondary N) is 1. The van der Waals surface area contributed by atoms with E-state index in [9.17, 15) is 9.59 Å². The summed E-state index contributed by atoms with van der Waals surface area (Å²) in [6.45, 7) is 2.24. The van der Waals surface area contributed by atoms with Gasteiger partial charge in [0.15, 0.2) is 0 Å². The summed E-state index contributed by atoms with van der Waals surface area (Å²) in [5, 5.41) is 2.58. The average Bonchev–Trinajstić information content (AvgIpc) is 2.45. The van der Waals surface area contributed by atoms with Gasteiger partial charge in [-0.15, -0.1) is 0 Å². The van der Waals surface area contributed by atoms with E-state index < -0.39 is 0 Å². The second-order valence-electron chi connectivity index (χ2n) is 5.03. The molecular weight excluding hydrogens is 254 g/mol. The second kappa shape index (κ2) is 7.53. The summed E-state index contributed by atoms with van der Waals surface area (Å²) >= 11 is 0. The summed E-state index contributed by atoms with van der Waals surface area (Å²) in [6.07, 6.45) is 1.11. The molecule has 1 unspecified atom stereocenters. The molecule has 0 radical (unpaired) electrons. The Morgan fingerprint density at radius 2 is 1.90 bits per heavy atom. The summed E-state index contributed by atoms with van der Waals surface area (Å²) < 4.78 is 0. The average molecular weight is 277 g/mol. The Hall–Kier alpha value is -2.04. The Labute approximate surface area is 120 Å². The number of carbonyl (C=O) groups is 2. The maximum Gasteiger partial charge on any atom is 0.224 e. The highest BCUT2D eigenvalue weighted by molar-refractivity contribution is 5.80. The quantitative estimate of drug-likeness (QED) is 0.763. The first-order chi connectivity index (χ1) is 9.43. The van der Waals surface area contributed by atoms with Crippen molar-refractivity contribution in [2.75, 3.05) is 26.4 Å². The monoisotopic (exact) mass is 277 g/mol. The van der Waals surface area contributed by atoms with Crippen LogP contribution in [0.2, 0.25) is 0 Å². The van der Waals surface area contributed by atoms with E-state index in [-0.39, 0.29) is 17.7 Å². The number of nitrogens with zero attached hydrogens (tertiary/aromatic N) is 1. The van der Waals surface area contributed by atoms with Gasteiger partial charge in [-0.3, -0.25) is 9.59 Å². The number of amides is 2. The lowest BCUT2D eigenvalue weighted by molar-refractivity contribution is -0.132. The van der Waals surface area contributed by atoms with Gasteiger partial charge in [0.05, 0.1) is 5.92 Å². The molecule has 110 valence electrons. The number of nitrogen functional groups attached to an aromatic ring is 1. The van der Waals surface area contributed by atoms with Crippen molar-refractivity contribution in [1.82, 2.24) is 10.2 Å². The van der Waals surface area contributed by atoms with Crippen LogP contribution in [0.15, 0.2) is 24.3 Å². The van der Waals surface area contributed by atoms with Gasteiger partial charge in [-0.05, 0) is 24.1 Å². The zero-order chi connectivity index (χ0) is 15.1. The molecule has 0 aliphatic heterocycles. The predicted octanol–water partition coefficient (Wildman–Crippen LogP) is 1.04. The molecule has 3 N–H and O–H groups in total. The fourth-order valence-corrected chi connectivity index (χ4v) is 1.97. The molecule has 1 aromatic carbocycles. The van der Waals surface area contributed by atoms with E-state index in [2.05, 4.69) is 5.32 Å². The first kappa shape index (κ1) is 16.0. The Morgan fingerprint density at radius 3 is 2.45 bits per heavy atom. The summed E-state index contributed by atoms with van der Waals surface area (Å²) in [7, 11) is 3.33. The molecule has 0 fully saturated rings. The number of carbonyl (C=O) groups excluding carboxylic acids is 2. The lowest BCUT2D eigenvalue weighted by atomic mass is 10.1. The topological polar surface area (TPSA) is 75.4 Å². The maximum absolute atomic E-state index is 12.0. The van der Waals surface area contributed by atoms with Gasteiger partial charge in [0, 0.05) is 32.7 Å². The fraction of sp³-hybridized carbons (Fsp3) is 0.467. The standard InChI is InChI=1S/C15H23N3O2/c1-11(15(20)17-2)10-18(3)14(19)9-6-12-4-7-13(16)8-5-12/h4-5,7-8,11H,6,9-10,16H2,1-3H3,(H,17,20). The summed E-state index contributed by atoms with van der Waals surface area (Å²) in [4.78, 5) is 25.0. The van der Waals surface area contributed by atoms with Gasteiger partial charge in [0.25, 0.3) is 0 Å². The Morgan fingerprint density at radius 1 is 1.30 bits per heavy atom. The van der Waals surface area contributed by atoms with Crippen molar-refractivity contribution in [3.8, 4) is 0 Å². The molecule has 0 saturated carbocycles. The molecule has 1 rings (SSSR count). The van der Waals surface area contributed by atoms with E-state index in [1.165, 1.54) is 0 Å². The molecule has 0 saturated heterocycles. The van der Waals surface area contributed by atoms with E-state index in [4.69, 9.17) is 5.73 Å². The second-order valence-corrected chi connectivity index (χ2v) is 5.03. The van der Waals surface area contributed by atoms with Crippen molar-refractivity contribution in [2.45, 2.75) is 19.8 Å². The Balaban J connectivity index is 2.42. The lowest BCUT2D eigenvalue weighted by Crippen LogP contribution is -2.37. The van der Waals surface area contributed by atoms with Crippen molar-refractivity contribution >= 4 is 17.5 Å². The highest BCUT2D eigenvalue weighted by Gasteiger charge is 2.16. The van der Waals surface area contributed by atoms with Crippen LogP contribution in [-0.2, 0) is 16.0 Å². The summed E-state index contributed by atoms with van der Waals surface area (Å²) in [5.41, 5.74) is 7.42. The minimum atomic E-state index is -0.203. The highest BCUT2D eigenvalue weighted by atomic mass is 16.2. The molecule has 0 aliphatic carbocycles. The number of anilines is 1. The Kier molecular flexibility index (Phi) is 6.03. The van der Waals surface area contributed by atoms with Crippen LogP contribution < -0.4 is 11.1 Å². The van der Waals surface area contributed by atoms with Gasteiger partial charge in [0.1, 0.15) is 0 Å². The van der Waals surface area contributed by atoms with Crippen LogP contribution in [-0.4, -0.2) is 37.4 Å². The van der Waals surface area contributed by atoms with Crippen molar-refractivity contribution in [3.63, 3.8) is 0 Å². The van der Waals surface area contributed by atoms with E-state index in [0.717, 1.165) is 11.3 Å². The molecule has 2 amide bonds. The molecule has 5 heteroatoms. The van der Waals surface area contributed by atoms with E-state index >= 15 is 0 Å². The zero-order valence-corrected chi connectivity index (χ0v) is 12.3. The molecule has 20 heavy (non-hydrogen) atoms. The van der Waals surface area contributed by atoms with Gasteiger partial charge >= 0.3 is 0 Å².